The van der Waals surface area contributed by atoms with Crippen LogP contribution in [0.3, 0.4) is 0 Å². The molecule has 0 aliphatic carbocycles. The van der Waals surface area contributed by atoms with Gasteiger partial charge in [-0.3, -0.25) is 19.7 Å². The summed E-state index contributed by atoms with van der Waals surface area (Å²) in [4.78, 5) is 39.0. The van der Waals surface area contributed by atoms with Crippen LogP contribution in [-0.2, 0) is 21.5 Å². The molecule has 31 heavy (non-hydrogen) atoms. The number of halogens is 2. The summed E-state index contributed by atoms with van der Waals surface area (Å²) in [6.07, 6.45) is 0. The van der Waals surface area contributed by atoms with Gasteiger partial charge in [0.25, 0.3) is 5.91 Å². The molecular formula is C22H22F2N2O5. The van der Waals surface area contributed by atoms with Crippen molar-refractivity contribution in [1.82, 2.24) is 10.2 Å². The van der Waals surface area contributed by atoms with E-state index in [0.29, 0.717) is 16.9 Å². The van der Waals surface area contributed by atoms with Gasteiger partial charge in [-0.05, 0) is 42.3 Å². The Morgan fingerprint density at radius 3 is 2.39 bits per heavy atom. The number of hydrogen-bond donors (Lipinski definition) is 1. The quantitative estimate of drug-likeness (QED) is 0.727. The van der Waals surface area contributed by atoms with E-state index in [4.69, 9.17) is 4.74 Å². The highest BCUT2D eigenvalue weighted by molar-refractivity contribution is 6.02. The maximum Gasteiger partial charge on any atom is 0.387 e. The molecule has 0 fully saturated rings. The van der Waals surface area contributed by atoms with Gasteiger partial charge in [0.05, 0.1) is 12.5 Å². The molecule has 1 aliphatic heterocycles. The number of amides is 3. The van der Waals surface area contributed by atoms with Gasteiger partial charge < -0.3 is 14.4 Å². The predicted octanol–water partition coefficient (Wildman–Crippen LogP) is 2.87. The number of rotatable bonds is 7. The summed E-state index contributed by atoms with van der Waals surface area (Å²) in [6.45, 7) is 0.0764. The molecule has 0 saturated carbocycles. The van der Waals surface area contributed by atoms with Gasteiger partial charge in [0.2, 0.25) is 11.8 Å². The highest BCUT2D eigenvalue weighted by Crippen LogP contribution is 2.33. The van der Waals surface area contributed by atoms with Crippen LogP contribution in [0.4, 0.5) is 8.78 Å². The van der Waals surface area contributed by atoms with Gasteiger partial charge in [0, 0.05) is 25.6 Å². The number of carbonyl (C=O) groups is 3. The molecule has 164 valence electrons. The molecule has 0 saturated heterocycles. The first-order valence-electron chi connectivity index (χ1n) is 9.47. The molecule has 0 bridgehead atoms. The first kappa shape index (κ1) is 22.2. The number of fused-ring (bicyclic) bond motifs is 1. The Kier molecular flexibility index (Phi) is 6.24. The van der Waals surface area contributed by atoms with Gasteiger partial charge in [-0.15, -0.1) is 0 Å². The van der Waals surface area contributed by atoms with Gasteiger partial charge >= 0.3 is 6.61 Å². The van der Waals surface area contributed by atoms with Crippen LogP contribution in [0.25, 0.3) is 0 Å². The topological polar surface area (TPSA) is 84.9 Å². The molecule has 3 rings (SSSR count). The minimum absolute atomic E-state index is 0.0308. The van der Waals surface area contributed by atoms with Crippen molar-refractivity contribution < 1.29 is 32.6 Å². The lowest BCUT2D eigenvalue weighted by molar-refractivity contribution is -0.133. The van der Waals surface area contributed by atoms with Crippen LogP contribution in [0.2, 0.25) is 0 Å². The molecule has 0 aromatic heterocycles. The molecule has 2 aromatic rings. The second kappa shape index (κ2) is 8.71. The molecule has 9 heteroatoms. The van der Waals surface area contributed by atoms with Crippen LogP contribution < -0.4 is 14.8 Å². The van der Waals surface area contributed by atoms with Gasteiger partial charge in [-0.25, -0.2) is 0 Å². The lowest BCUT2D eigenvalue weighted by Crippen LogP contribution is -2.51. The number of ether oxygens (including phenoxy) is 2. The van der Waals surface area contributed by atoms with Crippen LogP contribution in [0.15, 0.2) is 42.5 Å². The summed E-state index contributed by atoms with van der Waals surface area (Å²) in [5.74, 6) is -0.947. The molecule has 0 spiro atoms. The van der Waals surface area contributed by atoms with E-state index < -0.39 is 23.8 Å². The van der Waals surface area contributed by atoms with Crippen LogP contribution in [0.1, 0.15) is 35.3 Å². The number of nitrogens with one attached hydrogen (secondary N) is 1. The van der Waals surface area contributed by atoms with E-state index in [9.17, 15) is 23.2 Å². The SMILES string of the molecule is COc1ccc2c(c1)C(=O)N(C[C@@](C)(C(=O)NC(C)=O)c1ccc(OC(F)F)cc1)C2. The van der Waals surface area contributed by atoms with Crippen LogP contribution in [0, 0.1) is 0 Å². The second-order valence-corrected chi connectivity index (χ2v) is 7.43. The number of benzene rings is 2. The standard InChI is InChI=1S/C22H22F2N2O5/c1-13(27)25-20(29)22(2,15-5-8-16(9-6-15)31-21(23)24)12-26-11-14-4-7-17(30-3)10-18(14)19(26)28/h4-10,21H,11-12H2,1-3H3,(H,25,27,29)/t22-/m1/s1. The lowest BCUT2D eigenvalue weighted by Gasteiger charge is -2.32. The van der Waals surface area contributed by atoms with Crippen molar-refractivity contribution in [3.63, 3.8) is 0 Å². The van der Waals surface area contributed by atoms with Crippen molar-refractivity contribution in [1.29, 1.82) is 0 Å². The molecule has 0 radical (unpaired) electrons. The van der Waals surface area contributed by atoms with Crippen molar-refractivity contribution in [2.75, 3.05) is 13.7 Å². The molecule has 1 aliphatic rings. The van der Waals surface area contributed by atoms with E-state index in [1.807, 2.05) is 0 Å². The molecule has 1 atom stereocenters. The highest BCUT2D eigenvalue weighted by Gasteiger charge is 2.41. The molecule has 3 amide bonds. The zero-order valence-corrected chi connectivity index (χ0v) is 17.3. The fraction of sp³-hybridized carbons (Fsp3) is 0.318. The van der Waals surface area contributed by atoms with Crippen molar-refractivity contribution in [2.24, 2.45) is 0 Å². The van der Waals surface area contributed by atoms with E-state index in [-0.39, 0.29) is 24.7 Å². The molecule has 2 aromatic carbocycles. The minimum atomic E-state index is -2.98. The smallest absolute Gasteiger partial charge is 0.387 e. The fourth-order valence-electron chi connectivity index (χ4n) is 3.57. The second-order valence-electron chi connectivity index (χ2n) is 7.43. The number of hydrogen-bond acceptors (Lipinski definition) is 5. The van der Waals surface area contributed by atoms with Crippen LogP contribution in [0.5, 0.6) is 11.5 Å². The number of carbonyl (C=O) groups excluding carboxylic acids is 3. The van der Waals surface area contributed by atoms with Gasteiger partial charge in [0.15, 0.2) is 0 Å². The lowest BCUT2D eigenvalue weighted by atomic mass is 9.80. The summed E-state index contributed by atoms with van der Waals surface area (Å²) in [5.41, 5.74) is 0.390. The maximum absolute atomic E-state index is 13.0. The Morgan fingerprint density at radius 1 is 1.16 bits per heavy atom. The van der Waals surface area contributed by atoms with Crippen molar-refractivity contribution in [3.05, 3.63) is 59.2 Å². The zero-order chi connectivity index (χ0) is 22.8. The third-order valence-corrected chi connectivity index (χ3v) is 5.21. The van der Waals surface area contributed by atoms with E-state index in [0.717, 1.165) is 5.56 Å². The van der Waals surface area contributed by atoms with E-state index >= 15 is 0 Å². The van der Waals surface area contributed by atoms with E-state index in [2.05, 4.69) is 10.1 Å². The monoisotopic (exact) mass is 432 g/mol. The Labute approximate surface area is 177 Å². The summed E-state index contributed by atoms with van der Waals surface area (Å²) < 4.78 is 34.4. The largest absolute Gasteiger partial charge is 0.497 e. The van der Waals surface area contributed by atoms with Gasteiger partial charge in [0.1, 0.15) is 11.5 Å². The zero-order valence-electron chi connectivity index (χ0n) is 17.3. The average molecular weight is 432 g/mol. The summed E-state index contributed by atoms with van der Waals surface area (Å²) in [5, 5.41) is 2.27. The maximum atomic E-state index is 13.0. The molecule has 0 unspecified atom stereocenters. The molecule has 7 nitrogen and oxygen atoms in total. The predicted molar refractivity (Wildman–Crippen MR) is 107 cm³/mol. The first-order valence-corrected chi connectivity index (χ1v) is 9.47. The third-order valence-electron chi connectivity index (χ3n) is 5.21. The average Bonchev–Trinajstić information content (AvgIpc) is 3.02. The number of methoxy groups -OCH3 is 1. The molecule has 1 heterocycles. The summed E-state index contributed by atoms with van der Waals surface area (Å²) >= 11 is 0. The fourth-order valence-corrected chi connectivity index (χ4v) is 3.57. The number of alkyl halides is 2. The van der Waals surface area contributed by atoms with Crippen molar-refractivity contribution in [3.8, 4) is 11.5 Å². The Balaban J connectivity index is 1.92. The van der Waals surface area contributed by atoms with Crippen molar-refractivity contribution in [2.45, 2.75) is 32.4 Å². The van der Waals surface area contributed by atoms with Crippen LogP contribution in [-0.4, -0.2) is 42.9 Å². The number of imide groups is 1. The van der Waals surface area contributed by atoms with Gasteiger partial charge in [-0.1, -0.05) is 18.2 Å². The normalized spacial score (nSPS) is 14.8. The van der Waals surface area contributed by atoms with Gasteiger partial charge in [-0.2, -0.15) is 8.78 Å². The van der Waals surface area contributed by atoms with E-state index in [1.165, 1.54) is 43.2 Å². The minimum Gasteiger partial charge on any atom is -0.497 e. The molecular weight excluding hydrogens is 410 g/mol. The van der Waals surface area contributed by atoms with Crippen molar-refractivity contribution >= 4 is 17.7 Å². The van der Waals surface area contributed by atoms with Crippen LogP contribution >= 0.6 is 0 Å². The summed E-state index contributed by atoms with van der Waals surface area (Å²) in [7, 11) is 1.50. The first-order chi connectivity index (χ1) is 14.6. The van der Waals surface area contributed by atoms with E-state index in [1.54, 1.807) is 25.1 Å². The highest BCUT2D eigenvalue weighted by atomic mass is 19.3. The Bertz CT molecular complexity index is 1010. The summed E-state index contributed by atoms with van der Waals surface area (Å²) in [6, 6.07) is 10.7. The Morgan fingerprint density at radius 2 is 1.81 bits per heavy atom. The molecule has 1 N–H and O–H groups in total. The number of nitrogens with zero attached hydrogens (tertiary/aromatic N) is 1. The Hall–Kier alpha value is -3.49. The third kappa shape index (κ3) is 4.65.